The van der Waals surface area contributed by atoms with Gasteiger partial charge in [0, 0.05) is 11.6 Å². The van der Waals surface area contributed by atoms with Crippen LogP contribution in [0.5, 0.6) is 11.5 Å². The second-order valence-electron chi connectivity index (χ2n) is 9.33. The third-order valence-electron chi connectivity index (χ3n) is 8.31. The maximum Gasteiger partial charge on any atom is 0.165 e. The molecule has 1 aromatic rings. The topological polar surface area (TPSA) is 82.0 Å². The maximum absolute atomic E-state index is 12.1. The fraction of sp³-hybridized carbons (Fsp3) is 0.714. The van der Waals surface area contributed by atoms with E-state index < -0.39 is 23.2 Å². The molecule has 6 atom stereocenters. The summed E-state index contributed by atoms with van der Waals surface area (Å²) in [7, 11) is 0. The van der Waals surface area contributed by atoms with E-state index >= 15 is 0 Å². The molecule has 2 heterocycles. The van der Waals surface area contributed by atoms with Gasteiger partial charge in [0.1, 0.15) is 6.10 Å². The summed E-state index contributed by atoms with van der Waals surface area (Å²) in [4.78, 5) is 0. The largest absolute Gasteiger partial charge is 0.504 e. The van der Waals surface area contributed by atoms with E-state index in [4.69, 9.17) is 4.74 Å². The second-order valence-corrected chi connectivity index (χ2v) is 9.33. The van der Waals surface area contributed by atoms with Crippen LogP contribution in [-0.4, -0.2) is 45.7 Å². The van der Waals surface area contributed by atoms with Crippen molar-refractivity contribution in [2.24, 2.45) is 11.8 Å². The van der Waals surface area contributed by atoms with Crippen LogP contribution < -0.4 is 10.1 Å². The molecule has 6 rings (SSSR count). The van der Waals surface area contributed by atoms with E-state index in [0.717, 1.165) is 36.9 Å². The Kier molecular flexibility index (Phi) is 2.99. The van der Waals surface area contributed by atoms with Gasteiger partial charge in [-0.1, -0.05) is 25.3 Å². The lowest BCUT2D eigenvalue weighted by atomic mass is 9.47. The molecule has 1 aromatic carbocycles. The third kappa shape index (κ3) is 1.64. The number of aromatic hydroxyl groups is 1. The first-order valence-electron chi connectivity index (χ1n) is 10.2. The predicted octanol–water partition coefficient (Wildman–Crippen LogP) is 1.61. The van der Waals surface area contributed by atoms with E-state index in [1.54, 1.807) is 6.07 Å². The number of piperidine rings is 1. The van der Waals surface area contributed by atoms with Crippen LogP contribution in [0.3, 0.4) is 0 Å². The summed E-state index contributed by atoms with van der Waals surface area (Å²) in [5.41, 5.74) is 0.603. The number of ether oxygens (including phenoxy) is 1. The zero-order valence-corrected chi connectivity index (χ0v) is 14.9. The third-order valence-corrected chi connectivity index (χ3v) is 8.31. The normalized spacial score (nSPS) is 45.6. The molecule has 5 aliphatic rings. The van der Waals surface area contributed by atoms with Crippen LogP contribution in [-0.2, 0) is 11.8 Å². The molecule has 0 amide bonds. The van der Waals surface area contributed by atoms with Crippen LogP contribution in [0.2, 0.25) is 0 Å². The molecule has 1 saturated heterocycles. The summed E-state index contributed by atoms with van der Waals surface area (Å²) in [6, 6.07) is 3.65. The van der Waals surface area contributed by atoms with Crippen molar-refractivity contribution in [1.29, 1.82) is 0 Å². The van der Waals surface area contributed by atoms with Gasteiger partial charge >= 0.3 is 0 Å². The summed E-state index contributed by atoms with van der Waals surface area (Å²) in [6.07, 6.45) is 5.80. The van der Waals surface area contributed by atoms with Gasteiger partial charge in [-0.15, -0.1) is 0 Å². The zero-order chi connectivity index (χ0) is 17.7. The summed E-state index contributed by atoms with van der Waals surface area (Å²) in [5.74, 6) is 1.38. The van der Waals surface area contributed by atoms with E-state index in [0.29, 0.717) is 18.1 Å². The summed E-state index contributed by atoms with van der Waals surface area (Å²) >= 11 is 0. The highest BCUT2D eigenvalue weighted by Gasteiger charge is 2.73. The molecule has 3 unspecified atom stereocenters. The predicted molar refractivity (Wildman–Crippen MR) is 95.3 cm³/mol. The number of benzene rings is 1. The van der Waals surface area contributed by atoms with Crippen molar-refractivity contribution >= 4 is 0 Å². The maximum atomic E-state index is 12.1. The number of nitrogens with one attached hydrogen (secondary N) is 1. The molecule has 5 heteroatoms. The Morgan fingerprint density at radius 2 is 2.12 bits per heavy atom. The molecule has 2 bridgehead atoms. The fourth-order valence-corrected chi connectivity index (χ4v) is 6.92. The highest BCUT2D eigenvalue weighted by Crippen LogP contribution is 2.65. The SMILES string of the molecule is Oc1ccc2c3c1OC1C(O)C(CC4CCC4)C[C@@]4(O)[C@@H](C2)NCC[C@]314. The lowest BCUT2D eigenvalue weighted by molar-refractivity contribution is -0.202. The van der Waals surface area contributed by atoms with Crippen LogP contribution >= 0.6 is 0 Å². The number of phenolic OH excluding ortho intramolecular Hbond substituents is 1. The minimum Gasteiger partial charge on any atom is -0.504 e. The molecule has 0 radical (unpaired) electrons. The minimum absolute atomic E-state index is 0.0123. The Balaban J connectivity index is 1.52. The lowest BCUT2D eigenvalue weighted by Crippen LogP contribution is -2.78. The Bertz CT molecular complexity index is 778. The van der Waals surface area contributed by atoms with Gasteiger partial charge in [0.2, 0.25) is 0 Å². The average molecular weight is 357 g/mol. The Morgan fingerprint density at radius 1 is 1.27 bits per heavy atom. The van der Waals surface area contributed by atoms with Gasteiger partial charge in [-0.25, -0.2) is 0 Å². The minimum atomic E-state index is -0.921. The first-order chi connectivity index (χ1) is 12.5. The molecular weight excluding hydrogens is 330 g/mol. The van der Waals surface area contributed by atoms with Crippen molar-refractivity contribution in [2.75, 3.05) is 6.54 Å². The van der Waals surface area contributed by atoms with Crippen LogP contribution in [0.4, 0.5) is 0 Å². The van der Waals surface area contributed by atoms with Crippen LogP contribution in [0, 0.1) is 11.8 Å². The molecule has 0 aromatic heterocycles. The molecule has 4 N–H and O–H groups in total. The monoisotopic (exact) mass is 357 g/mol. The average Bonchev–Trinajstić information content (AvgIpc) is 2.91. The van der Waals surface area contributed by atoms with Gasteiger partial charge in [-0.05, 0) is 55.7 Å². The van der Waals surface area contributed by atoms with Crippen LogP contribution in [0.15, 0.2) is 12.1 Å². The van der Waals surface area contributed by atoms with Gasteiger partial charge in [0.05, 0.1) is 17.1 Å². The molecule has 140 valence electrons. The van der Waals surface area contributed by atoms with Crippen LogP contribution in [0.1, 0.15) is 49.7 Å². The number of hydrogen-bond acceptors (Lipinski definition) is 5. The number of phenols is 1. The van der Waals surface area contributed by atoms with Crippen molar-refractivity contribution in [3.05, 3.63) is 23.3 Å². The van der Waals surface area contributed by atoms with E-state index in [-0.39, 0.29) is 17.7 Å². The first kappa shape index (κ1) is 15.7. The standard InChI is InChI=1S/C21H27NO4/c23-14-5-4-12-9-15-21(25)10-13(8-11-2-1-3-11)17(24)19-20(21,6-7-22-15)16(12)18(14)26-19/h4-5,11,13,15,17,19,22-25H,1-3,6-10H2/t13?,15-,17?,19?,20+,21-/m1/s1. The first-order valence-corrected chi connectivity index (χ1v) is 10.2. The van der Waals surface area contributed by atoms with Crippen molar-refractivity contribution in [2.45, 2.75) is 74.2 Å². The summed E-state index contributed by atoms with van der Waals surface area (Å²) < 4.78 is 6.26. The van der Waals surface area contributed by atoms with E-state index in [1.165, 1.54) is 19.3 Å². The van der Waals surface area contributed by atoms with Crippen molar-refractivity contribution in [3.63, 3.8) is 0 Å². The molecule has 3 fully saturated rings. The number of aliphatic hydroxyl groups excluding tert-OH is 1. The van der Waals surface area contributed by atoms with Crippen molar-refractivity contribution in [3.8, 4) is 11.5 Å². The second kappa shape index (κ2) is 4.94. The van der Waals surface area contributed by atoms with Crippen LogP contribution in [0.25, 0.3) is 0 Å². The van der Waals surface area contributed by atoms with Gasteiger partial charge < -0.3 is 25.4 Å². The number of aliphatic hydroxyl groups is 2. The molecule has 2 aliphatic heterocycles. The van der Waals surface area contributed by atoms with E-state index in [1.807, 2.05) is 6.07 Å². The molecule has 1 spiro atoms. The Morgan fingerprint density at radius 3 is 2.88 bits per heavy atom. The zero-order valence-electron chi connectivity index (χ0n) is 14.9. The molecule has 5 nitrogen and oxygen atoms in total. The van der Waals surface area contributed by atoms with Crippen molar-refractivity contribution < 1.29 is 20.1 Å². The highest BCUT2D eigenvalue weighted by atomic mass is 16.5. The molecule has 26 heavy (non-hydrogen) atoms. The van der Waals surface area contributed by atoms with Gasteiger partial charge in [0.15, 0.2) is 11.5 Å². The summed E-state index contributed by atoms with van der Waals surface area (Å²) in [5, 5.41) is 37.3. The van der Waals surface area contributed by atoms with Gasteiger partial charge in [0.25, 0.3) is 0 Å². The highest BCUT2D eigenvalue weighted by molar-refractivity contribution is 5.62. The molecule has 3 aliphatic carbocycles. The Labute approximate surface area is 153 Å². The Hall–Kier alpha value is -1.30. The summed E-state index contributed by atoms with van der Waals surface area (Å²) in [6.45, 7) is 0.807. The van der Waals surface area contributed by atoms with Crippen molar-refractivity contribution in [1.82, 2.24) is 5.32 Å². The van der Waals surface area contributed by atoms with Gasteiger partial charge in [-0.3, -0.25) is 0 Å². The lowest BCUT2D eigenvalue weighted by Gasteiger charge is -2.63. The molecule has 2 saturated carbocycles. The number of rotatable bonds is 2. The quantitative estimate of drug-likeness (QED) is 0.647. The molecular formula is C21H27NO4. The number of hydrogen-bond donors (Lipinski definition) is 4. The van der Waals surface area contributed by atoms with Gasteiger partial charge in [-0.2, -0.15) is 0 Å². The fourth-order valence-electron chi connectivity index (χ4n) is 6.92. The smallest absolute Gasteiger partial charge is 0.165 e. The van der Waals surface area contributed by atoms with E-state index in [9.17, 15) is 15.3 Å². The van der Waals surface area contributed by atoms with E-state index in [2.05, 4.69) is 5.32 Å².